The number of alkyl halides is 3. The largest absolute Gasteiger partial charge is 0.548 e. The Balaban J connectivity index is 2.40. The molecule has 1 amide bonds. The number of aromatic nitrogens is 2. The van der Waals surface area contributed by atoms with Gasteiger partial charge in [-0.25, -0.2) is 0 Å². The van der Waals surface area contributed by atoms with Gasteiger partial charge in [-0.2, -0.15) is 18.3 Å². The number of nitro groups is 1. The Kier molecular flexibility index (Phi) is 6.01. The standard InChI is InChI=1S/C16H15F3N4O5/c1-22-7-11(13(21-22)16(17,18)19)14(24)20-12(15(25)26)10(8-23(27)28)9-5-3-2-4-6-9/h2-7,10,12H,8H2,1H3,(H,20,24)(H,25,26)/p-1. The number of hydrogen-bond acceptors (Lipinski definition) is 6. The highest BCUT2D eigenvalue weighted by molar-refractivity contribution is 5.97. The van der Waals surface area contributed by atoms with Crippen molar-refractivity contribution in [1.82, 2.24) is 15.1 Å². The SMILES string of the molecule is Cn1cc(C(=O)NC(C(=O)[O-])C(C[N+](=O)[O-])c2ccccc2)c(C(F)(F)F)n1. The first-order valence-electron chi connectivity index (χ1n) is 7.80. The van der Waals surface area contributed by atoms with Crippen LogP contribution in [0.3, 0.4) is 0 Å². The second-order valence-electron chi connectivity index (χ2n) is 5.87. The van der Waals surface area contributed by atoms with Gasteiger partial charge in [0.15, 0.2) is 5.69 Å². The number of hydrogen-bond donors (Lipinski definition) is 1. The summed E-state index contributed by atoms with van der Waals surface area (Å²) in [5.41, 5.74) is -2.21. The van der Waals surface area contributed by atoms with E-state index >= 15 is 0 Å². The zero-order valence-corrected chi connectivity index (χ0v) is 14.3. The molecule has 28 heavy (non-hydrogen) atoms. The lowest BCUT2D eigenvalue weighted by molar-refractivity contribution is -0.484. The summed E-state index contributed by atoms with van der Waals surface area (Å²) in [6, 6.07) is 5.45. The molecule has 0 saturated carbocycles. The Hall–Kier alpha value is -3.44. The Labute approximate surface area is 155 Å². The van der Waals surface area contributed by atoms with Crippen LogP contribution in [0.4, 0.5) is 13.2 Å². The molecule has 0 aliphatic rings. The fourth-order valence-electron chi connectivity index (χ4n) is 2.67. The van der Waals surface area contributed by atoms with E-state index in [1.165, 1.54) is 24.3 Å². The molecular weight excluding hydrogens is 385 g/mol. The van der Waals surface area contributed by atoms with Crippen molar-refractivity contribution in [3.8, 4) is 0 Å². The predicted molar refractivity (Wildman–Crippen MR) is 85.5 cm³/mol. The van der Waals surface area contributed by atoms with Crippen LogP contribution in [-0.4, -0.2) is 39.2 Å². The summed E-state index contributed by atoms with van der Waals surface area (Å²) in [5.74, 6) is -4.63. The molecule has 2 unspecified atom stereocenters. The number of rotatable bonds is 7. The van der Waals surface area contributed by atoms with Crippen LogP contribution in [-0.2, 0) is 18.0 Å². The number of amides is 1. The van der Waals surface area contributed by atoms with Crippen LogP contribution in [0, 0.1) is 10.1 Å². The van der Waals surface area contributed by atoms with E-state index in [0.29, 0.717) is 0 Å². The lowest BCUT2D eigenvalue weighted by Crippen LogP contribution is -2.52. The average molecular weight is 399 g/mol. The summed E-state index contributed by atoms with van der Waals surface area (Å²) >= 11 is 0. The normalized spacial score (nSPS) is 13.6. The molecule has 9 nitrogen and oxygen atoms in total. The van der Waals surface area contributed by atoms with E-state index < -0.39 is 52.7 Å². The van der Waals surface area contributed by atoms with Crippen LogP contribution in [0.25, 0.3) is 0 Å². The number of nitrogens with one attached hydrogen (secondary N) is 1. The maximum atomic E-state index is 13.0. The third kappa shape index (κ3) is 4.84. The third-order valence-corrected chi connectivity index (χ3v) is 3.86. The number of benzene rings is 1. The van der Waals surface area contributed by atoms with Gasteiger partial charge in [0.2, 0.25) is 6.54 Å². The third-order valence-electron chi connectivity index (χ3n) is 3.86. The first-order valence-corrected chi connectivity index (χ1v) is 7.80. The van der Waals surface area contributed by atoms with Crippen LogP contribution in [0.1, 0.15) is 27.5 Å². The number of carboxylic acid groups (broad SMARTS) is 1. The second kappa shape index (κ2) is 8.06. The topological polar surface area (TPSA) is 130 Å². The zero-order valence-electron chi connectivity index (χ0n) is 14.3. The van der Waals surface area contributed by atoms with Gasteiger partial charge < -0.3 is 15.2 Å². The predicted octanol–water partition coefficient (Wildman–Crippen LogP) is 0.348. The van der Waals surface area contributed by atoms with Gasteiger partial charge >= 0.3 is 6.18 Å². The number of aryl methyl sites for hydroxylation is 1. The van der Waals surface area contributed by atoms with E-state index in [2.05, 4.69) is 5.10 Å². The van der Waals surface area contributed by atoms with Crippen molar-refractivity contribution in [2.24, 2.45) is 7.05 Å². The van der Waals surface area contributed by atoms with Crippen LogP contribution in [0.5, 0.6) is 0 Å². The molecule has 2 rings (SSSR count). The van der Waals surface area contributed by atoms with Crippen LogP contribution in [0.2, 0.25) is 0 Å². The van der Waals surface area contributed by atoms with E-state index in [-0.39, 0.29) is 5.56 Å². The Morgan fingerprint density at radius 1 is 1.29 bits per heavy atom. The monoisotopic (exact) mass is 399 g/mol. The van der Waals surface area contributed by atoms with Crippen molar-refractivity contribution in [2.45, 2.75) is 18.1 Å². The summed E-state index contributed by atoms with van der Waals surface area (Å²) in [6.45, 7) is -0.887. The minimum Gasteiger partial charge on any atom is -0.548 e. The van der Waals surface area contributed by atoms with Crippen molar-refractivity contribution in [3.63, 3.8) is 0 Å². The van der Waals surface area contributed by atoms with Gasteiger partial charge in [0.25, 0.3) is 5.91 Å². The van der Waals surface area contributed by atoms with Gasteiger partial charge in [-0.3, -0.25) is 19.6 Å². The minimum atomic E-state index is -4.95. The molecule has 0 bridgehead atoms. The summed E-state index contributed by atoms with van der Waals surface area (Å²) in [6.07, 6.45) is -4.18. The minimum absolute atomic E-state index is 0.205. The van der Waals surface area contributed by atoms with Gasteiger partial charge in [0, 0.05) is 18.2 Å². The maximum absolute atomic E-state index is 13.0. The lowest BCUT2D eigenvalue weighted by Gasteiger charge is -2.26. The van der Waals surface area contributed by atoms with Gasteiger partial charge in [0.05, 0.1) is 23.5 Å². The number of halogens is 3. The Morgan fingerprint density at radius 2 is 1.89 bits per heavy atom. The van der Waals surface area contributed by atoms with E-state index in [4.69, 9.17) is 0 Å². The highest BCUT2D eigenvalue weighted by Gasteiger charge is 2.40. The van der Waals surface area contributed by atoms with Crippen molar-refractivity contribution in [1.29, 1.82) is 0 Å². The number of aliphatic carboxylic acids is 1. The smallest absolute Gasteiger partial charge is 0.435 e. The molecule has 12 heteroatoms. The molecule has 0 aliphatic carbocycles. The number of carboxylic acids is 1. The van der Waals surface area contributed by atoms with Gasteiger partial charge in [-0.15, -0.1) is 0 Å². The second-order valence-corrected chi connectivity index (χ2v) is 5.87. The van der Waals surface area contributed by atoms with Crippen molar-refractivity contribution < 1.29 is 32.8 Å². The van der Waals surface area contributed by atoms with Crippen LogP contribution < -0.4 is 10.4 Å². The lowest BCUT2D eigenvalue weighted by atomic mass is 9.91. The Morgan fingerprint density at radius 3 is 2.39 bits per heavy atom. The van der Waals surface area contributed by atoms with Gasteiger partial charge in [0.1, 0.15) is 0 Å². The summed E-state index contributed by atoms with van der Waals surface area (Å²) in [7, 11) is 1.15. The highest BCUT2D eigenvalue weighted by atomic mass is 19.4. The number of nitrogens with zero attached hydrogens (tertiary/aromatic N) is 3. The maximum Gasteiger partial charge on any atom is 0.435 e. The van der Waals surface area contributed by atoms with Gasteiger partial charge in [-0.05, 0) is 5.56 Å². The van der Waals surface area contributed by atoms with E-state index in [9.17, 15) is 38.0 Å². The van der Waals surface area contributed by atoms with E-state index in [1.807, 2.05) is 5.32 Å². The van der Waals surface area contributed by atoms with Crippen LogP contribution >= 0.6 is 0 Å². The summed E-state index contributed by atoms with van der Waals surface area (Å²) < 4.78 is 39.9. The molecule has 0 aliphatic heterocycles. The zero-order chi connectivity index (χ0) is 21.1. The molecule has 0 spiro atoms. The molecular formula is C16H14F3N4O5-. The number of carbonyl (C=O) groups excluding carboxylic acids is 2. The molecule has 1 heterocycles. The highest BCUT2D eigenvalue weighted by Crippen LogP contribution is 2.31. The molecule has 0 saturated heterocycles. The van der Waals surface area contributed by atoms with Crippen molar-refractivity contribution in [3.05, 3.63) is 63.5 Å². The fourth-order valence-corrected chi connectivity index (χ4v) is 2.67. The average Bonchev–Trinajstić information content (AvgIpc) is 3.00. The quantitative estimate of drug-likeness (QED) is 0.528. The van der Waals surface area contributed by atoms with Gasteiger partial charge in [-0.1, -0.05) is 30.3 Å². The molecule has 150 valence electrons. The first-order chi connectivity index (χ1) is 13.0. The molecule has 1 aromatic carbocycles. The van der Waals surface area contributed by atoms with E-state index in [0.717, 1.165) is 17.9 Å². The molecule has 1 N–H and O–H groups in total. The summed E-state index contributed by atoms with van der Waals surface area (Å²) in [5, 5.41) is 27.6. The number of carbonyl (C=O) groups is 2. The van der Waals surface area contributed by atoms with E-state index in [1.54, 1.807) is 6.07 Å². The molecule has 2 atom stereocenters. The molecule has 0 fully saturated rings. The van der Waals surface area contributed by atoms with Crippen molar-refractivity contribution >= 4 is 11.9 Å². The first kappa shape index (κ1) is 20.9. The molecule has 1 aromatic heterocycles. The Bertz CT molecular complexity index is 882. The van der Waals surface area contributed by atoms with Crippen molar-refractivity contribution in [2.75, 3.05) is 6.54 Å². The molecule has 2 aromatic rings. The fraction of sp³-hybridized carbons (Fsp3) is 0.312. The van der Waals surface area contributed by atoms with Crippen LogP contribution in [0.15, 0.2) is 36.5 Å². The molecule has 0 radical (unpaired) electrons. The summed E-state index contributed by atoms with van der Waals surface area (Å²) in [4.78, 5) is 34.1.